The Bertz CT molecular complexity index is 953. The zero-order valence-electron chi connectivity index (χ0n) is 17.4. The zero-order chi connectivity index (χ0) is 21.7. The predicted molar refractivity (Wildman–Crippen MR) is 109 cm³/mol. The third-order valence-corrected chi connectivity index (χ3v) is 4.26. The summed E-state index contributed by atoms with van der Waals surface area (Å²) in [6.07, 6.45) is 1.43. The van der Waals surface area contributed by atoms with E-state index < -0.39 is 17.7 Å². The monoisotopic (exact) mass is 412 g/mol. The fourth-order valence-corrected chi connectivity index (χ4v) is 2.95. The maximum atomic E-state index is 12.2. The van der Waals surface area contributed by atoms with Crippen molar-refractivity contribution in [1.82, 2.24) is 0 Å². The number of hydrogen-bond donors (Lipinski definition) is 0. The summed E-state index contributed by atoms with van der Waals surface area (Å²) in [5.41, 5.74) is 1.17. The van der Waals surface area contributed by atoms with Gasteiger partial charge < -0.3 is 23.7 Å². The van der Waals surface area contributed by atoms with Gasteiger partial charge in [-0.3, -0.25) is 0 Å². The smallest absolute Gasteiger partial charge is 0.348 e. The standard InChI is InChI=1S/C23H24O7/c1-5-27-19-8-6-7-9-20(19)28-14-16-12-15(10-11-18(16)26-4)13-17-21(24)29-23(2,3)30-22(17)25/h6-13H,5,14H2,1-4H3. The van der Waals surface area contributed by atoms with Gasteiger partial charge in [0.15, 0.2) is 11.5 Å². The Labute approximate surface area is 175 Å². The highest BCUT2D eigenvalue weighted by Crippen LogP contribution is 2.30. The molecule has 1 saturated heterocycles. The molecule has 0 aromatic heterocycles. The van der Waals surface area contributed by atoms with Crippen LogP contribution in [0.25, 0.3) is 6.08 Å². The van der Waals surface area contributed by atoms with Crippen LogP contribution in [-0.4, -0.2) is 31.4 Å². The molecule has 0 saturated carbocycles. The van der Waals surface area contributed by atoms with E-state index in [1.54, 1.807) is 25.3 Å². The Morgan fingerprint density at radius 2 is 1.57 bits per heavy atom. The van der Waals surface area contributed by atoms with Gasteiger partial charge in [0.1, 0.15) is 17.9 Å². The molecule has 0 radical (unpaired) electrons. The number of para-hydroxylation sites is 2. The van der Waals surface area contributed by atoms with Crippen molar-refractivity contribution in [3.63, 3.8) is 0 Å². The van der Waals surface area contributed by atoms with Crippen LogP contribution in [0.15, 0.2) is 48.0 Å². The largest absolute Gasteiger partial charge is 0.496 e. The van der Waals surface area contributed by atoms with E-state index in [9.17, 15) is 9.59 Å². The lowest BCUT2D eigenvalue weighted by Crippen LogP contribution is -2.41. The molecule has 0 amide bonds. The molecule has 1 aliphatic heterocycles. The minimum absolute atomic E-state index is 0.173. The predicted octanol–water partition coefficient (Wildman–Crippen LogP) is 3.89. The van der Waals surface area contributed by atoms with Gasteiger partial charge in [-0.05, 0) is 42.8 Å². The Kier molecular flexibility index (Phi) is 6.30. The Balaban J connectivity index is 1.84. The van der Waals surface area contributed by atoms with Gasteiger partial charge in [-0.25, -0.2) is 9.59 Å². The molecular weight excluding hydrogens is 388 g/mol. The summed E-state index contributed by atoms with van der Waals surface area (Å²) in [4.78, 5) is 24.4. The van der Waals surface area contributed by atoms with E-state index in [2.05, 4.69) is 0 Å². The van der Waals surface area contributed by atoms with Crippen LogP contribution >= 0.6 is 0 Å². The van der Waals surface area contributed by atoms with E-state index >= 15 is 0 Å². The van der Waals surface area contributed by atoms with Crippen molar-refractivity contribution in [2.75, 3.05) is 13.7 Å². The van der Waals surface area contributed by atoms with E-state index in [1.807, 2.05) is 31.2 Å². The maximum Gasteiger partial charge on any atom is 0.348 e. The summed E-state index contributed by atoms with van der Waals surface area (Å²) in [5.74, 6) is -0.871. The highest BCUT2D eigenvalue weighted by molar-refractivity contribution is 6.18. The molecule has 3 rings (SSSR count). The maximum absolute atomic E-state index is 12.2. The van der Waals surface area contributed by atoms with E-state index in [0.29, 0.717) is 29.4 Å². The normalized spacial score (nSPS) is 15.1. The average molecular weight is 412 g/mol. The lowest BCUT2D eigenvalue weighted by molar-refractivity contribution is -0.222. The van der Waals surface area contributed by atoms with E-state index in [0.717, 1.165) is 5.56 Å². The van der Waals surface area contributed by atoms with E-state index in [1.165, 1.54) is 19.9 Å². The highest BCUT2D eigenvalue weighted by Gasteiger charge is 2.38. The molecule has 7 heteroatoms. The minimum Gasteiger partial charge on any atom is -0.496 e. The molecule has 2 aromatic carbocycles. The topological polar surface area (TPSA) is 80.3 Å². The Morgan fingerprint density at radius 1 is 0.933 bits per heavy atom. The first-order valence-electron chi connectivity index (χ1n) is 9.53. The van der Waals surface area contributed by atoms with Crippen molar-refractivity contribution < 1.29 is 33.3 Å². The van der Waals surface area contributed by atoms with Crippen LogP contribution in [0.1, 0.15) is 31.9 Å². The van der Waals surface area contributed by atoms with Crippen LogP contribution in [-0.2, 0) is 25.7 Å². The lowest BCUT2D eigenvalue weighted by Gasteiger charge is -2.29. The molecule has 0 unspecified atom stereocenters. The fraction of sp³-hybridized carbons (Fsp3) is 0.304. The van der Waals surface area contributed by atoms with Crippen LogP contribution < -0.4 is 14.2 Å². The number of cyclic esters (lactones) is 2. The van der Waals surface area contributed by atoms with Gasteiger partial charge in [-0.2, -0.15) is 0 Å². The van der Waals surface area contributed by atoms with Gasteiger partial charge in [0.2, 0.25) is 0 Å². The molecule has 158 valence electrons. The summed E-state index contributed by atoms with van der Waals surface area (Å²) in [7, 11) is 1.56. The number of carbonyl (C=O) groups is 2. The molecule has 0 N–H and O–H groups in total. The number of carbonyl (C=O) groups excluding carboxylic acids is 2. The first-order valence-corrected chi connectivity index (χ1v) is 9.53. The second-order valence-corrected chi connectivity index (χ2v) is 6.98. The third-order valence-electron chi connectivity index (χ3n) is 4.26. The second kappa shape index (κ2) is 8.90. The average Bonchev–Trinajstić information content (AvgIpc) is 2.70. The lowest BCUT2D eigenvalue weighted by atomic mass is 10.1. The molecular formula is C23H24O7. The molecule has 7 nitrogen and oxygen atoms in total. The molecule has 1 heterocycles. The van der Waals surface area contributed by atoms with Crippen molar-refractivity contribution >= 4 is 18.0 Å². The Morgan fingerprint density at radius 3 is 2.17 bits per heavy atom. The number of ether oxygens (including phenoxy) is 5. The summed E-state index contributed by atoms with van der Waals surface area (Å²) < 4.78 is 27.2. The SMILES string of the molecule is CCOc1ccccc1OCc1cc(C=C2C(=O)OC(C)(C)OC2=O)ccc1OC. The molecule has 0 aliphatic carbocycles. The van der Waals surface area contributed by atoms with E-state index in [-0.39, 0.29) is 12.2 Å². The first-order chi connectivity index (χ1) is 14.3. The molecule has 0 bridgehead atoms. The number of benzene rings is 2. The van der Waals surface area contributed by atoms with Gasteiger partial charge >= 0.3 is 11.9 Å². The van der Waals surface area contributed by atoms with Crippen LogP contribution in [0.2, 0.25) is 0 Å². The van der Waals surface area contributed by atoms with Gasteiger partial charge in [-0.15, -0.1) is 0 Å². The van der Waals surface area contributed by atoms with Crippen molar-refractivity contribution in [2.24, 2.45) is 0 Å². The molecule has 0 atom stereocenters. The minimum atomic E-state index is -1.28. The number of hydrogen-bond acceptors (Lipinski definition) is 7. The fourth-order valence-electron chi connectivity index (χ4n) is 2.95. The first kappa shape index (κ1) is 21.2. The van der Waals surface area contributed by atoms with Gasteiger partial charge in [0.05, 0.1) is 13.7 Å². The Hall–Kier alpha value is -3.48. The number of methoxy groups -OCH3 is 1. The second-order valence-electron chi connectivity index (χ2n) is 6.98. The molecule has 1 aliphatic rings. The third kappa shape index (κ3) is 4.92. The molecule has 2 aromatic rings. The molecule has 30 heavy (non-hydrogen) atoms. The van der Waals surface area contributed by atoms with Gasteiger partial charge in [0.25, 0.3) is 5.79 Å². The van der Waals surface area contributed by atoms with Crippen LogP contribution in [0.3, 0.4) is 0 Å². The zero-order valence-corrected chi connectivity index (χ0v) is 17.4. The number of esters is 2. The van der Waals surface area contributed by atoms with Gasteiger partial charge in [-0.1, -0.05) is 18.2 Å². The molecule has 0 spiro atoms. The van der Waals surface area contributed by atoms with Crippen molar-refractivity contribution in [3.05, 3.63) is 59.2 Å². The number of rotatable bonds is 7. The van der Waals surface area contributed by atoms with Crippen molar-refractivity contribution in [1.29, 1.82) is 0 Å². The van der Waals surface area contributed by atoms with Crippen LogP contribution in [0, 0.1) is 0 Å². The summed E-state index contributed by atoms with van der Waals surface area (Å²) in [5, 5.41) is 0. The van der Waals surface area contributed by atoms with Gasteiger partial charge in [0, 0.05) is 19.4 Å². The highest BCUT2D eigenvalue weighted by atomic mass is 16.7. The van der Waals surface area contributed by atoms with Crippen LogP contribution in [0.4, 0.5) is 0 Å². The summed E-state index contributed by atoms with van der Waals surface area (Å²) in [6, 6.07) is 12.6. The molecule has 1 fully saturated rings. The van der Waals surface area contributed by atoms with Crippen molar-refractivity contribution in [2.45, 2.75) is 33.2 Å². The summed E-state index contributed by atoms with van der Waals surface area (Å²) in [6.45, 7) is 5.63. The quantitative estimate of drug-likeness (QED) is 0.388. The summed E-state index contributed by atoms with van der Waals surface area (Å²) >= 11 is 0. The van der Waals surface area contributed by atoms with Crippen molar-refractivity contribution in [3.8, 4) is 17.2 Å². The van der Waals surface area contributed by atoms with E-state index in [4.69, 9.17) is 23.7 Å². The van der Waals surface area contributed by atoms with Crippen LogP contribution in [0.5, 0.6) is 17.2 Å².